The average Bonchev–Trinajstić information content (AvgIpc) is 2.03. The number of ketones is 3. The molecule has 12 aromatic rings. The second-order valence-corrected chi connectivity index (χ2v) is 18.9. The molecule has 0 saturated heterocycles. The van der Waals surface area contributed by atoms with E-state index in [1.165, 1.54) is 97.5 Å². The molecule has 0 aliphatic heterocycles. The van der Waals surface area contributed by atoms with Gasteiger partial charge in [0.05, 0.1) is 22.8 Å². The van der Waals surface area contributed by atoms with E-state index in [0.717, 1.165) is 50.5 Å². The number of carbonyl (C=O) groups excluding carboxylic acids is 3. The zero-order valence-corrected chi connectivity index (χ0v) is 59.1. The van der Waals surface area contributed by atoms with Crippen LogP contribution in [0.5, 0.6) is 0 Å². The Labute approximate surface area is 575 Å². The third-order valence-corrected chi connectivity index (χ3v) is 11.7. The summed E-state index contributed by atoms with van der Waals surface area (Å²) in [6, 6.07) is 87.7. The minimum absolute atomic E-state index is 0. The van der Waals surface area contributed by atoms with Crippen molar-refractivity contribution >= 4 is 60.6 Å². The first kappa shape index (κ1) is 76.7. The standard InChI is InChI=1S/4C15H10N.3C5H8O2.4Ir/c2*1-2-7-13(8-3-1)15-14-9-5-4-6-12(14)10-11-16-15;1-2-6-12(7-3-1)15-10-13-8-4-5-9-14(13)11-16-15;1-2-6-12(7-3-1)15-11-10-13-8-4-5-9-14(13)16-15;3*1-4(6)3-5(2)7;;;;/h2*1-7,9-11H;2*1-6,8-11H;3*3,6H,1-2H3;;;;/q4*-1;;;;;;;. The van der Waals surface area contributed by atoms with Gasteiger partial charge in [0.2, 0.25) is 0 Å². The average molecular weight is 1890 g/mol. The fraction of sp³-hybridized carbons (Fsp3) is 0.0800. The zero-order chi connectivity index (χ0) is 60.8. The number of fused-ring (bicyclic) bond motifs is 4. The van der Waals surface area contributed by atoms with E-state index < -0.39 is 0 Å². The van der Waals surface area contributed by atoms with E-state index in [1.807, 2.05) is 188 Å². The van der Waals surface area contributed by atoms with Crippen molar-refractivity contribution in [3.8, 4) is 45.0 Å². The molecule has 14 heteroatoms. The van der Waals surface area contributed by atoms with E-state index in [-0.39, 0.29) is 115 Å². The summed E-state index contributed by atoms with van der Waals surface area (Å²) in [5.41, 5.74) is 9.12. The van der Waals surface area contributed by atoms with Crippen LogP contribution in [0.1, 0.15) is 41.5 Å². The molecule has 8 aromatic carbocycles. The molecule has 0 aliphatic carbocycles. The van der Waals surface area contributed by atoms with Gasteiger partial charge in [-0.3, -0.25) is 19.4 Å². The van der Waals surface area contributed by atoms with Gasteiger partial charge < -0.3 is 30.3 Å². The summed E-state index contributed by atoms with van der Waals surface area (Å²) in [7, 11) is 0. The largest absolute Gasteiger partial charge is 0.512 e. The third kappa shape index (κ3) is 26.9. The molecule has 0 atom stereocenters. The maximum Gasteiger partial charge on any atom is 0.155 e. The Morgan fingerprint density at radius 1 is 0.348 bits per heavy atom. The Balaban J connectivity index is 0.000000362. The summed E-state index contributed by atoms with van der Waals surface area (Å²) in [6.07, 6.45) is 9.10. The maximum absolute atomic E-state index is 10.0. The molecular weight excluding hydrogens is 1820 g/mol. The first-order chi connectivity index (χ1) is 41.1. The van der Waals surface area contributed by atoms with Gasteiger partial charge in [-0.2, -0.15) is 0 Å². The van der Waals surface area contributed by atoms with Gasteiger partial charge in [-0.1, -0.05) is 109 Å². The SMILES string of the molecule is CC(=O)C=C(C)O.CC(=O)C=C(C)O.CC(=O)C=C(C)O.[Ir].[Ir].[Ir].[Ir].[c-]1ccccc1-c1cc2ccccc2cn1.[c-]1ccccc1-c1ccc2ccccc2n1.[c-]1ccccc1-c1nccc2ccccc12.[c-]1ccccc1-c1nccc2ccccc12. The molecule has 0 bridgehead atoms. The molecule has 0 unspecified atom stereocenters. The van der Waals surface area contributed by atoms with E-state index in [4.69, 9.17) is 15.3 Å². The normalized spacial score (nSPS) is 10.2. The summed E-state index contributed by atoms with van der Waals surface area (Å²) < 4.78 is 0. The molecule has 0 aliphatic rings. The third-order valence-electron chi connectivity index (χ3n) is 11.7. The van der Waals surface area contributed by atoms with Crippen LogP contribution in [-0.4, -0.2) is 52.6 Å². The molecular formula is C75H64Ir4N4O6-4. The summed E-state index contributed by atoms with van der Waals surface area (Å²) >= 11 is 0. The molecule has 0 spiro atoms. The number of aliphatic hydroxyl groups is 3. The van der Waals surface area contributed by atoms with Crippen LogP contribution in [0.4, 0.5) is 0 Å². The Bertz CT molecular complexity index is 3860. The van der Waals surface area contributed by atoms with Crippen molar-refractivity contribution < 1.29 is 110 Å². The summed E-state index contributed by atoms with van der Waals surface area (Å²) in [5, 5.41) is 33.4. The molecule has 0 amide bonds. The first-order valence-electron chi connectivity index (χ1n) is 27.0. The predicted molar refractivity (Wildman–Crippen MR) is 345 cm³/mol. The second-order valence-electron chi connectivity index (χ2n) is 18.9. The zero-order valence-electron chi connectivity index (χ0n) is 49.5. The van der Waals surface area contributed by atoms with Gasteiger partial charge in [0.25, 0.3) is 0 Å². The monoisotopic (exact) mass is 1890 g/mol. The second kappa shape index (κ2) is 41.7. The molecule has 12 rings (SSSR count). The van der Waals surface area contributed by atoms with E-state index in [0.29, 0.717) is 0 Å². The number of rotatable bonds is 7. The number of hydrogen-bond donors (Lipinski definition) is 3. The van der Waals surface area contributed by atoms with Crippen molar-refractivity contribution in [2.45, 2.75) is 41.5 Å². The van der Waals surface area contributed by atoms with Gasteiger partial charge in [-0.05, 0) is 120 Å². The Morgan fingerprint density at radius 2 is 0.697 bits per heavy atom. The van der Waals surface area contributed by atoms with Crippen LogP contribution in [0.3, 0.4) is 0 Å². The van der Waals surface area contributed by atoms with Gasteiger partial charge in [-0.15, -0.1) is 144 Å². The number of carbonyl (C=O) groups is 3. The van der Waals surface area contributed by atoms with E-state index in [1.54, 1.807) is 0 Å². The maximum atomic E-state index is 10.0. The number of para-hydroxylation sites is 1. The van der Waals surface area contributed by atoms with Gasteiger partial charge in [0.1, 0.15) is 0 Å². The van der Waals surface area contributed by atoms with Crippen LogP contribution in [0.2, 0.25) is 0 Å². The number of aromatic nitrogens is 4. The molecule has 4 radical (unpaired) electrons. The summed E-state index contributed by atoms with van der Waals surface area (Å²) in [5.74, 6) is -0.187. The van der Waals surface area contributed by atoms with Gasteiger partial charge in [0.15, 0.2) is 17.3 Å². The topological polar surface area (TPSA) is 163 Å². The van der Waals surface area contributed by atoms with Crippen molar-refractivity contribution in [1.82, 2.24) is 19.9 Å². The minimum atomic E-state index is -0.125. The molecule has 4 aromatic heterocycles. The van der Waals surface area contributed by atoms with Gasteiger partial charge in [-0.25, -0.2) is 0 Å². The van der Waals surface area contributed by atoms with Crippen molar-refractivity contribution in [1.29, 1.82) is 0 Å². The molecule has 460 valence electrons. The van der Waals surface area contributed by atoms with Crippen LogP contribution >= 0.6 is 0 Å². The van der Waals surface area contributed by atoms with Crippen molar-refractivity contribution in [2.24, 2.45) is 0 Å². The van der Waals surface area contributed by atoms with E-state index in [9.17, 15) is 14.4 Å². The molecule has 4 heterocycles. The van der Waals surface area contributed by atoms with E-state index >= 15 is 0 Å². The van der Waals surface area contributed by atoms with Crippen LogP contribution in [-0.2, 0) is 94.8 Å². The Kier molecular flexibility index (Phi) is 36.0. The number of benzene rings is 8. The number of pyridine rings is 4. The van der Waals surface area contributed by atoms with Crippen LogP contribution in [0.15, 0.2) is 279 Å². The smallest absolute Gasteiger partial charge is 0.155 e. The molecule has 10 nitrogen and oxygen atoms in total. The van der Waals surface area contributed by atoms with Crippen LogP contribution < -0.4 is 0 Å². The number of allylic oxidation sites excluding steroid dienone is 6. The van der Waals surface area contributed by atoms with Gasteiger partial charge >= 0.3 is 0 Å². The van der Waals surface area contributed by atoms with Crippen molar-refractivity contribution in [2.75, 3.05) is 0 Å². The summed E-state index contributed by atoms with van der Waals surface area (Å²) in [4.78, 5) is 48.0. The number of hydrogen-bond acceptors (Lipinski definition) is 10. The minimum Gasteiger partial charge on any atom is -0.512 e. The van der Waals surface area contributed by atoms with Gasteiger partial charge in [0, 0.05) is 117 Å². The summed E-state index contributed by atoms with van der Waals surface area (Å²) in [6.45, 7) is 8.54. The molecule has 89 heavy (non-hydrogen) atoms. The molecule has 0 fully saturated rings. The first-order valence-corrected chi connectivity index (χ1v) is 27.0. The van der Waals surface area contributed by atoms with Crippen LogP contribution in [0.25, 0.3) is 88.2 Å². The fourth-order valence-corrected chi connectivity index (χ4v) is 8.18. The fourth-order valence-electron chi connectivity index (χ4n) is 8.18. The van der Waals surface area contributed by atoms with Crippen molar-refractivity contribution in [3.05, 3.63) is 303 Å². The van der Waals surface area contributed by atoms with E-state index in [2.05, 4.69) is 98.8 Å². The quantitative estimate of drug-likeness (QED) is 0.0795. The molecule has 3 N–H and O–H groups in total. The Morgan fingerprint density at radius 3 is 1.08 bits per heavy atom. The molecule has 0 saturated carbocycles. The number of aliphatic hydroxyl groups excluding tert-OH is 3. The van der Waals surface area contributed by atoms with Crippen molar-refractivity contribution in [3.63, 3.8) is 0 Å². The Hall–Kier alpha value is -8.37. The number of nitrogens with zero attached hydrogens (tertiary/aromatic N) is 4. The van der Waals surface area contributed by atoms with Crippen LogP contribution in [0, 0.1) is 24.3 Å². The predicted octanol–water partition coefficient (Wildman–Crippen LogP) is 17.9.